The monoisotopic (exact) mass is 503 g/mol. The zero-order valence-corrected chi connectivity index (χ0v) is 19.4. The molecule has 2 fully saturated rings. The number of likely N-dealkylation sites (tertiary alicyclic amines) is 1. The molecule has 31 heavy (non-hydrogen) atoms. The van der Waals surface area contributed by atoms with Crippen LogP contribution in [-0.4, -0.2) is 32.8 Å². The van der Waals surface area contributed by atoms with E-state index in [0.29, 0.717) is 11.1 Å². The smallest absolute Gasteiger partial charge is 0.295 e. The van der Waals surface area contributed by atoms with Crippen LogP contribution in [0.25, 0.3) is 5.76 Å². The fourth-order valence-corrected chi connectivity index (χ4v) is 4.99. The largest absolute Gasteiger partial charge is 0.507 e. The Hall–Kier alpha value is -2.31. The van der Waals surface area contributed by atoms with E-state index in [-0.39, 0.29) is 28.1 Å². The number of aryl methyl sites for hydroxylation is 1. The summed E-state index contributed by atoms with van der Waals surface area (Å²) in [5, 5.41) is 21.2. The second kappa shape index (κ2) is 8.67. The van der Waals surface area contributed by atoms with E-state index < -0.39 is 17.7 Å². The lowest BCUT2D eigenvalue weighted by atomic mass is 9.91. The molecule has 2 aromatic carbocycles. The summed E-state index contributed by atoms with van der Waals surface area (Å²) in [4.78, 5) is 27.9. The van der Waals surface area contributed by atoms with Crippen molar-refractivity contribution in [3.8, 4) is 5.75 Å². The van der Waals surface area contributed by atoms with E-state index in [1.807, 2.05) is 6.92 Å². The number of carbonyl (C=O) groups excluding carboxylic acids is 2. The minimum Gasteiger partial charge on any atom is -0.507 e. The molecule has 1 aliphatic heterocycles. The van der Waals surface area contributed by atoms with Crippen LogP contribution in [-0.2, 0) is 9.59 Å². The van der Waals surface area contributed by atoms with Gasteiger partial charge in [0.15, 0.2) is 0 Å². The number of phenolic OH excluding ortho intramolecular Hbond substituents is 1. The number of ketones is 1. The number of aromatic hydroxyl groups is 1. The zero-order valence-electron chi connectivity index (χ0n) is 17.1. The molecule has 4 rings (SSSR count). The maximum Gasteiger partial charge on any atom is 0.295 e. The molecule has 2 aliphatic rings. The molecule has 1 aliphatic carbocycles. The second-order valence-electron chi connectivity index (χ2n) is 8.17. The van der Waals surface area contributed by atoms with Gasteiger partial charge >= 0.3 is 0 Å². The minimum atomic E-state index is -0.759. The summed E-state index contributed by atoms with van der Waals surface area (Å²) in [7, 11) is 0. The van der Waals surface area contributed by atoms with Crippen molar-refractivity contribution < 1.29 is 19.8 Å². The number of Topliss-reactive ketones (excluding diaryl/α,β-unsaturated/α-hetero) is 1. The Morgan fingerprint density at radius 2 is 1.81 bits per heavy atom. The molecule has 2 N–H and O–H groups in total. The standard InChI is InChI=1S/C24H23BrClNO4/c1-13-11-15(7-9-17(13)25)22(29)20-21(14-8-10-19(28)18(26)12-14)27(24(31)23(20)30)16-5-3-2-4-6-16/h7-12,16,21,28-29H,2-6H2,1H3/b22-20-. The van der Waals surface area contributed by atoms with Gasteiger partial charge in [0, 0.05) is 16.1 Å². The van der Waals surface area contributed by atoms with Crippen LogP contribution < -0.4 is 0 Å². The molecule has 0 spiro atoms. The van der Waals surface area contributed by atoms with Crippen LogP contribution in [0.5, 0.6) is 5.75 Å². The fourth-order valence-electron chi connectivity index (χ4n) is 4.55. The first-order valence-corrected chi connectivity index (χ1v) is 11.5. The van der Waals surface area contributed by atoms with E-state index in [1.165, 1.54) is 6.07 Å². The molecule has 0 aromatic heterocycles. The first-order valence-electron chi connectivity index (χ1n) is 10.3. The van der Waals surface area contributed by atoms with Crippen LogP contribution in [0.4, 0.5) is 0 Å². The quantitative estimate of drug-likeness (QED) is 0.311. The summed E-state index contributed by atoms with van der Waals surface area (Å²) in [5.74, 6) is -1.58. The molecule has 0 bridgehead atoms. The highest BCUT2D eigenvalue weighted by Crippen LogP contribution is 2.44. The fraction of sp³-hybridized carbons (Fsp3) is 0.333. The first kappa shape index (κ1) is 21.9. The third-order valence-corrected chi connectivity index (χ3v) is 7.36. The maximum absolute atomic E-state index is 13.2. The molecule has 2 aromatic rings. The molecular formula is C24H23BrClNO4. The highest BCUT2D eigenvalue weighted by Gasteiger charge is 2.49. The number of nitrogens with zero attached hydrogens (tertiary/aromatic N) is 1. The lowest BCUT2D eigenvalue weighted by Crippen LogP contribution is -2.40. The van der Waals surface area contributed by atoms with Gasteiger partial charge in [0.2, 0.25) is 0 Å². The number of carbonyl (C=O) groups is 2. The molecule has 0 radical (unpaired) electrons. The van der Waals surface area contributed by atoms with Gasteiger partial charge in [-0.3, -0.25) is 9.59 Å². The normalized spacial score (nSPS) is 21.6. The van der Waals surface area contributed by atoms with Gasteiger partial charge in [-0.05, 0) is 55.2 Å². The third kappa shape index (κ3) is 3.99. The van der Waals surface area contributed by atoms with Crippen LogP contribution in [0.1, 0.15) is 54.8 Å². The summed E-state index contributed by atoms with van der Waals surface area (Å²) in [6.45, 7) is 1.89. The van der Waals surface area contributed by atoms with Crippen LogP contribution >= 0.6 is 27.5 Å². The Labute approximate surface area is 194 Å². The van der Waals surface area contributed by atoms with Crippen molar-refractivity contribution >= 4 is 45.0 Å². The lowest BCUT2D eigenvalue weighted by molar-refractivity contribution is -0.141. The maximum atomic E-state index is 13.2. The van der Waals surface area contributed by atoms with Crippen molar-refractivity contribution in [2.24, 2.45) is 0 Å². The van der Waals surface area contributed by atoms with Gasteiger partial charge < -0.3 is 15.1 Å². The highest BCUT2D eigenvalue weighted by atomic mass is 79.9. The van der Waals surface area contributed by atoms with Crippen molar-refractivity contribution in [1.82, 2.24) is 4.90 Å². The van der Waals surface area contributed by atoms with Crippen LogP contribution in [0.3, 0.4) is 0 Å². The average molecular weight is 505 g/mol. The second-order valence-corrected chi connectivity index (χ2v) is 9.43. The summed E-state index contributed by atoms with van der Waals surface area (Å²) < 4.78 is 0.883. The summed E-state index contributed by atoms with van der Waals surface area (Å²) in [5.41, 5.74) is 2.01. The number of aliphatic hydroxyl groups excluding tert-OH is 1. The molecule has 1 unspecified atom stereocenters. The number of aliphatic hydroxyl groups is 1. The molecule has 5 nitrogen and oxygen atoms in total. The number of rotatable bonds is 3. The van der Waals surface area contributed by atoms with E-state index in [0.717, 1.165) is 42.1 Å². The van der Waals surface area contributed by atoms with E-state index in [2.05, 4.69) is 15.9 Å². The molecule has 1 heterocycles. The SMILES string of the molecule is Cc1cc(/C(O)=C2/C(=O)C(=O)N(C3CCCCC3)C2c2ccc(O)c(Cl)c2)ccc1Br. The predicted octanol–water partition coefficient (Wildman–Crippen LogP) is 5.87. The number of halogens is 2. The van der Waals surface area contributed by atoms with Gasteiger partial charge in [-0.15, -0.1) is 0 Å². The van der Waals surface area contributed by atoms with Gasteiger partial charge in [-0.1, -0.05) is 58.9 Å². The molecule has 1 amide bonds. The van der Waals surface area contributed by atoms with Crippen LogP contribution in [0.2, 0.25) is 5.02 Å². The minimum absolute atomic E-state index is 0.0547. The predicted molar refractivity (Wildman–Crippen MR) is 123 cm³/mol. The van der Waals surface area contributed by atoms with Gasteiger partial charge in [-0.2, -0.15) is 0 Å². The van der Waals surface area contributed by atoms with Crippen molar-refractivity contribution in [2.75, 3.05) is 0 Å². The van der Waals surface area contributed by atoms with Crippen molar-refractivity contribution in [3.05, 3.63) is 68.2 Å². The number of benzene rings is 2. The van der Waals surface area contributed by atoms with Crippen molar-refractivity contribution in [1.29, 1.82) is 0 Å². The van der Waals surface area contributed by atoms with Crippen LogP contribution in [0.15, 0.2) is 46.4 Å². The third-order valence-electron chi connectivity index (χ3n) is 6.17. The zero-order chi connectivity index (χ0) is 22.3. The Morgan fingerprint density at radius 1 is 1.10 bits per heavy atom. The number of hydrogen-bond donors (Lipinski definition) is 2. The Morgan fingerprint density at radius 3 is 2.45 bits per heavy atom. The molecule has 162 valence electrons. The van der Waals surface area contributed by atoms with Crippen molar-refractivity contribution in [2.45, 2.75) is 51.1 Å². The topological polar surface area (TPSA) is 77.8 Å². The Bertz CT molecular complexity index is 1090. The molecule has 1 atom stereocenters. The van der Waals surface area contributed by atoms with Crippen molar-refractivity contribution in [3.63, 3.8) is 0 Å². The Balaban J connectivity index is 1.90. The molecular weight excluding hydrogens is 482 g/mol. The number of hydrogen-bond acceptors (Lipinski definition) is 4. The van der Waals surface area contributed by atoms with Gasteiger partial charge in [-0.25, -0.2) is 0 Å². The van der Waals surface area contributed by atoms with E-state index in [4.69, 9.17) is 11.6 Å². The number of phenols is 1. The molecule has 1 saturated carbocycles. The first-order chi connectivity index (χ1) is 14.8. The van der Waals surface area contributed by atoms with Gasteiger partial charge in [0.05, 0.1) is 16.6 Å². The van der Waals surface area contributed by atoms with Gasteiger partial charge in [0.1, 0.15) is 11.5 Å². The summed E-state index contributed by atoms with van der Waals surface area (Å²) >= 11 is 9.60. The van der Waals surface area contributed by atoms with E-state index in [1.54, 1.807) is 35.2 Å². The molecule has 7 heteroatoms. The van der Waals surface area contributed by atoms with Crippen LogP contribution in [0, 0.1) is 6.92 Å². The lowest BCUT2D eigenvalue weighted by Gasteiger charge is -2.35. The summed E-state index contributed by atoms with van der Waals surface area (Å²) in [6.07, 6.45) is 4.71. The average Bonchev–Trinajstić information content (AvgIpc) is 3.03. The van der Waals surface area contributed by atoms with E-state index >= 15 is 0 Å². The highest BCUT2D eigenvalue weighted by molar-refractivity contribution is 9.10. The summed E-state index contributed by atoms with van der Waals surface area (Å²) in [6, 6.07) is 9.09. The Kier molecular flexibility index (Phi) is 6.13. The molecule has 1 saturated heterocycles. The number of amides is 1. The van der Waals surface area contributed by atoms with Gasteiger partial charge in [0.25, 0.3) is 11.7 Å². The van der Waals surface area contributed by atoms with E-state index in [9.17, 15) is 19.8 Å².